The summed E-state index contributed by atoms with van der Waals surface area (Å²) < 4.78 is 28.5. The first kappa shape index (κ1) is 49.5. The zero-order chi connectivity index (χ0) is 39.3. The van der Waals surface area contributed by atoms with Crippen molar-refractivity contribution < 1.29 is 43.2 Å². The summed E-state index contributed by atoms with van der Waals surface area (Å²) in [7, 11) is 0. The van der Waals surface area contributed by atoms with Crippen molar-refractivity contribution in [2.75, 3.05) is 19.8 Å². The average Bonchev–Trinajstić information content (AvgIpc) is 3.18. The fourth-order valence-corrected chi connectivity index (χ4v) is 6.25. The number of aliphatic hydroxyl groups excluding tert-OH is 1. The third-order valence-corrected chi connectivity index (χ3v) is 9.55. The summed E-state index contributed by atoms with van der Waals surface area (Å²) in [5.74, 6) is -0.820. The molecule has 0 heterocycles. The number of hydrogen-bond acceptors (Lipinski definition) is 9. The highest BCUT2D eigenvalue weighted by Gasteiger charge is 2.15. The van der Waals surface area contributed by atoms with Gasteiger partial charge in [-0.1, -0.05) is 142 Å². The Balaban J connectivity index is 2.38. The predicted octanol–water partition coefficient (Wildman–Crippen LogP) is 11.4. The zero-order valence-corrected chi connectivity index (χ0v) is 34.7. The molecule has 0 radical (unpaired) electrons. The Labute approximate surface area is 329 Å². The second-order valence-electron chi connectivity index (χ2n) is 14.8. The van der Waals surface area contributed by atoms with E-state index in [9.17, 15) is 19.5 Å². The number of ether oxygens (including phenoxy) is 5. The van der Waals surface area contributed by atoms with Crippen molar-refractivity contribution in [3.8, 4) is 0 Å². The molecule has 0 aliphatic heterocycles. The van der Waals surface area contributed by atoms with Crippen molar-refractivity contribution in [3.63, 3.8) is 0 Å². The monoisotopic (exact) mass is 763 g/mol. The van der Waals surface area contributed by atoms with Crippen molar-refractivity contribution in [2.45, 2.75) is 214 Å². The first-order chi connectivity index (χ1) is 26.4. The van der Waals surface area contributed by atoms with Crippen LogP contribution in [0.1, 0.15) is 204 Å². The van der Waals surface area contributed by atoms with Gasteiger partial charge in [0, 0.05) is 32.5 Å². The van der Waals surface area contributed by atoms with Gasteiger partial charge in [-0.3, -0.25) is 14.4 Å². The molecule has 0 spiro atoms. The Morgan fingerprint density at radius 3 is 1.30 bits per heavy atom. The highest BCUT2D eigenvalue weighted by atomic mass is 16.7. The number of hydrogen-bond donors (Lipinski definition) is 1. The first-order valence-corrected chi connectivity index (χ1v) is 21.8. The molecular formula is C45H78O9. The highest BCUT2D eigenvalue weighted by Crippen LogP contribution is 2.16. The maximum atomic E-state index is 12.7. The Morgan fingerprint density at radius 2 is 0.833 bits per heavy atom. The van der Waals surface area contributed by atoms with Crippen LogP contribution >= 0.6 is 0 Å². The van der Waals surface area contributed by atoms with Gasteiger partial charge in [-0.25, -0.2) is 0 Å². The van der Waals surface area contributed by atoms with E-state index in [2.05, 4.69) is 20.8 Å². The minimum absolute atomic E-state index is 0.0526. The fraction of sp³-hybridized carbons (Fsp3) is 0.800. The lowest BCUT2D eigenvalue weighted by atomic mass is 10.1. The molecule has 0 saturated heterocycles. The van der Waals surface area contributed by atoms with E-state index in [4.69, 9.17) is 23.7 Å². The lowest BCUT2D eigenvalue weighted by Crippen LogP contribution is -2.21. The van der Waals surface area contributed by atoms with Crippen molar-refractivity contribution in [2.24, 2.45) is 0 Å². The van der Waals surface area contributed by atoms with Gasteiger partial charge in [0.15, 0.2) is 6.29 Å². The summed E-state index contributed by atoms with van der Waals surface area (Å²) in [5.41, 5.74) is 2.09. The molecule has 1 aromatic carbocycles. The first-order valence-electron chi connectivity index (χ1n) is 21.8. The van der Waals surface area contributed by atoms with Gasteiger partial charge < -0.3 is 28.8 Å². The van der Waals surface area contributed by atoms with E-state index in [-0.39, 0.29) is 50.6 Å². The number of carbonyl (C=O) groups excluding carboxylic acids is 3. The van der Waals surface area contributed by atoms with Gasteiger partial charge in [0.2, 0.25) is 0 Å². The molecule has 0 aromatic heterocycles. The maximum absolute atomic E-state index is 12.7. The van der Waals surface area contributed by atoms with Gasteiger partial charge in [0.05, 0.1) is 19.6 Å². The molecule has 9 heteroatoms. The lowest BCUT2D eigenvalue weighted by molar-refractivity contribution is -0.160. The second kappa shape index (κ2) is 36.2. The summed E-state index contributed by atoms with van der Waals surface area (Å²) in [5, 5.41) is 9.81. The molecule has 0 atom stereocenters. The number of unbranched alkanes of at least 4 members (excludes halogenated alkanes) is 18. The van der Waals surface area contributed by atoms with Gasteiger partial charge in [-0.05, 0) is 54.9 Å². The van der Waals surface area contributed by atoms with E-state index >= 15 is 0 Å². The van der Waals surface area contributed by atoms with Crippen LogP contribution in [0.4, 0.5) is 0 Å². The predicted molar refractivity (Wildman–Crippen MR) is 216 cm³/mol. The molecular weight excluding hydrogens is 684 g/mol. The van der Waals surface area contributed by atoms with Crippen molar-refractivity contribution in [3.05, 3.63) is 34.9 Å². The molecule has 0 saturated carbocycles. The molecule has 312 valence electrons. The van der Waals surface area contributed by atoms with E-state index in [0.29, 0.717) is 51.1 Å². The highest BCUT2D eigenvalue weighted by molar-refractivity contribution is 5.70. The zero-order valence-electron chi connectivity index (χ0n) is 34.7. The molecule has 0 aliphatic carbocycles. The summed E-state index contributed by atoms with van der Waals surface area (Å²) >= 11 is 0. The van der Waals surface area contributed by atoms with Crippen molar-refractivity contribution in [1.29, 1.82) is 0 Å². The van der Waals surface area contributed by atoms with Crippen LogP contribution in [0.5, 0.6) is 0 Å². The fourth-order valence-electron chi connectivity index (χ4n) is 6.25. The van der Waals surface area contributed by atoms with E-state index in [1.807, 2.05) is 6.07 Å². The number of esters is 3. The summed E-state index contributed by atoms with van der Waals surface area (Å²) in [6.07, 6.45) is 25.4. The quantitative estimate of drug-likeness (QED) is 0.0304. The average molecular weight is 763 g/mol. The van der Waals surface area contributed by atoms with Crippen LogP contribution in [0.25, 0.3) is 0 Å². The molecule has 0 aliphatic rings. The van der Waals surface area contributed by atoms with E-state index in [1.165, 1.54) is 83.5 Å². The number of aliphatic hydroxyl groups is 1. The Hall–Kier alpha value is -2.49. The van der Waals surface area contributed by atoms with Crippen LogP contribution in [0.3, 0.4) is 0 Å². The molecule has 0 amide bonds. The standard InChI is InChI=1S/C45H78O9/c1-4-7-10-13-16-19-23-30-50-42(47)26-21-20-22-27-43(48)53-37-40-33-39(36-46)34-41(35-40)38-54-44(49)28-29-45(51-31-24-17-14-11-8-5-2)52-32-25-18-15-12-9-6-3/h33-35,45-46H,4-32,36-38H2,1-3H3. The van der Waals surface area contributed by atoms with Crippen LogP contribution in [-0.4, -0.2) is 49.1 Å². The van der Waals surface area contributed by atoms with Crippen molar-refractivity contribution in [1.82, 2.24) is 0 Å². The molecule has 1 N–H and O–H groups in total. The molecule has 1 rings (SSSR count). The second-order valence-corrected chi connectivity index (χ2v) is 14.8. The normalized spacial score (nSPS) is 11.3. The number of rotatable bonds is 38. The molecule has 9 nitrogen and oxygen atoms in total. The molecule has 0 bridgehead atoms. The maximum Gasteiger partial charge on any atom is 0.306 e. The van der Waals surface area contributed by atoms with Crippen LogP contribution in [0, 0.1) is 0 Å². The number of carbonyl (C=O) groups is 3. The summed E-state index contributed by atoms with van der Waals surface area (Å²) in [6, 6.07) is 5.39. The Bertz CT molecular complexity index is 1040. The minimum atomic E-state index is -0.427. The van der Waals surface area contributed by atoms with Crippen LogP contribution in [-0.2, 0) is 57.9 Å². The van der Waals surface area contributed by atoms with Crippen LogP contribution in [0.15, 0.2) is 18.2 Å². The van der Waals surface area contributed by atoms with Gasteiger partial charge >= 0.3 is 17.9 Å². The lowest BCUT2D eigenvalue weighted by Gasteiger charge is -2.19. The van der Waals surface area contributed by atoms with Gasteiger partial charge in [-0.15, -0.1) is 0 Å². The van der Waals surface area contributed by atoms with Crippen LogP contribution < -0.4 is 0 Å². The molecule has 0 unspecified atom stereocenters. The van der Waals surface area contributed by atoms with Gasteiger partial charge in [-0.2, -0.15) is 0 Å². The topological polar surface area (TPSA) is 118 Å². The Kier molecular flexibility index (Phi) is 33.2. The van der Waals surface area contributed by atoms with Crippen LogP contribution in [0.2, 0.25) is 0 Å². The summed E-state index contributed by atoms with van der Waals surface area (Å²) in [6.45, 7) is 8.32. The minimum Gasteiger partial charge on any atom is -0.466 e. The summed E-state index contributed by atoms with van der Waals surface area (Å²) in [4.78, 5) is 37.1. The molecule has 54 heavy (non-hydrogen) atoms. The van der Waals surface area contributed by atoms with E-state index in [1.54, 1.807) is 12.1 Å². The van der Waals surface area contributed by atoms with Crippen molar-refractivity contribution >= 4 is 17.9 Å². The third-order valence-electron chi connectivity index (χ3n) is 9.55. The Morgan fingerprint density at radius 1 is 0.463 bits per heavy atom. The number of benzene rings is 1. The smallest absolute Gasteiger partial charge is 0.306 e. The van der Waals surface area contributed by atoms with Gasteiger partial charge in [0.25, 0.3) is 0 Å². The van der Waals surface area contributed by atoms with E-state index < -0.39 is 6.29 Å². The third kappa shape index (κ3) is 29.8. The largest absolute Gasteiger partial charge is 0.466 e. The van der Waals surface area contributed by atoms with E-state index in [0.717, 1.165) is 56.1 Å². The van der Waals surface area contributed by atoms with Gasteiger partial charge in [0.1, 0.15) is 13.2 Å². The SMILES string of the molecule is CCCCCCCCCOC(=O)CCCCCC(=O)OCc1cc(CO)cc(COC(=O)CCC(OCCCCCCCC)OCCCCCCCC)c1. The molecule has 0 fully saturated rings. The molecule has 1 aromatic rings.